The van der Waals surface area contributed by atoms with Crippen molar-refractivity contribution in [2.45, 2.75) is 49.5 Å². The number of nitrogens with zero attached hydrogens (tertiary/aromatic N) is 8. The van der Waals surface area contributed by atoms with Crippen LogP contribution in [0.25, 0.3) is 22.3 Å². The molecule has 43 heavy (non-hydrogen) atoms. The van der Waals surface area contributed by atoms with Gasteiger partial charge in [-0.15, -0.1) is 0 Å². The van der Waals surface area contributed by atoms with Crippen LogP contribution in [-0.2, 0) is 37.6 Å². The molecule has 0 aromatic carbocycles. The molecule has 4 aromatic rings. The Bertz CT molecular complexity index is 1860. The molecule has 3 saturated heterocycles. The molecule has 0 amide bonds. The van der Waals surface area contributed by atoms with Gasteiger partial charge in [-0.2, -0.15) is 13.1 Å². The van der Waals surface area contributed by atoms with Gasteiger partial charge in [-0.05, 0) is 0 Å². The molecule has 19 nitrogen and oxygen atoms in total. The molecule has 0 spiro atoms. The van der Waals surface area contributed by atoms with Crippen molar-refractivity contribution >= 4 is 63.3 Å². The summed E-state index contributed by atoms with van der Waals surface area (Å²) in [6, 6.07) is 0. The van der Waals surface area contributed by atoms with Crippen LogP contribution in [0.15, 0.2) is 25.3 Å². The van der Waals surface area contributed by atoms with E-state index in [9.17, 15) is 13.0 Å². The number of anilines is 2. The quantitative estimate of drug-likeness (QED) is 0.164. The second kappa shape index (κ2) is 10.5. The molecular weight excluding hydrogens is 636 g/mol. The summed E-state index contributed by atoms with van der Waals surface area (Å²) in [5, 5.41) is 0. The van der Waals surface area contributed by atoms with Crippen molar-refractivity contribution in [3.63, 3.8) is 0 Å². The first-order valence-electron chi connectivity index (χ1n) is 12.6. The maximum atomic E-state index is 15.9. The van der Waals surface area contributed by atoms with Crippen molar-refractivity contribution in [2.75, 3.05) is 24.6 Å². The summed E-state index contributed by atoms with van der Waals surface area (Å²) < 4.78 is 88.5. The Hall–Kier alpha value is -3.08. The van der Waals surface area contributed by atoms with Crippen molar-refractivity contribution in [3.05, 3.63) is 25.3 Å². The summed E-state index contributed by atoms with van der Waals surface area (Å²) >= 11 is 4.09. The number of nitrogens with one attached hydrogen (secondary N) is 1. The summed E-state index contributed by atoms with van der Waals surface area (Å²) in [6.07, 6.45) is -4.25. The van der Waals surface area contributed by atoms with Crippen LogP contribution in [0.1, 0.15) is 18.9 Å². The van der Waals surface area contributed by atoms with E-state index in [4.69, 9.17) is 34.2 Å². The van der Waals surface area contributed by atoms with E-state index < -0.39 is 73.3 Å². The Morgan fingerprint density at radius 2 is 1.60 bits per heavy atom. The van der Waals surface area contributed by atoms with Crippen LogP contribution in [0.4, 0.5) is 16.0 Å². The first-order valence-corrected chi connectivity index (χ1v) is 16.7. The molecule has 7 heterocycles. The second-order valence-electron chi connectivity index (χ2n) is 9.81. The van der Waals surface area contributed by atoms with E-state index in [-0.39, 0.29) is 29.2 Å². The number of fused-ring (bicyclic) bond motifs is 4. The Kier molecular flexibility index (Phi) is 7.02. The lowest BCUT2D eigenvalue weighted by molar-refractivity contribution is -0.0434. The van der Waals surface area contributed by atoms with E-state index in [1.165, 1.54) is 23.5 Å². The highest BCUT2D eigenvalue weighted by Crippen LogP contribution is 2.56. The van der Waals surface area contributed by atoms with Crippen LogP contribution in [0, 0.1) is 0 Å². The van der Waals surface area contributed by atoms with Gasteiger partial charge >= 0.3 is 17.1 Å². The number of nitrogen functional groups attached to an aromatic ring is 2. The van der Waals surface area contributed by atoms with Crippen LogP contribution in [0.5, 0.6) is 0 Å². The van der Waals surface area contributed by atoms with Crippen molar-refractivity contribution in [3.8, 4) is 0 Å². The van der Waals surface area contributed by atoms with E-state index in [2.05, 4.69) is 46.9 Å². The number of hydrogen-bond acceptors (Lipinski definition) is 16. The molecule has 0 unspecified atom stereocenters. The highest BCUT2D eigenvalue weighted by atomic mass is 32.7. The maximum absolute atomic E-state index is 15.9. The second-order valence-corrected chi connectivity index (χ2v) is 14.1. The highest BCUT2D eigenvalue weighted by Gasteiger charge is 2.51. The molecule has 4 aromatic heterocycles. The third-order valence-corrected chi connectivity index (χ3v) is 9.81. The number of halogens is 1. The van der Waals surface area contributed by atoms with Crippen molar-refractivity contribution in [1.29, 1.82) is 0 Å². The third-order valence-electron chi connectivity index (χ3n) is 7.18. The zero-order valence-electron chi connectivity index (χ0n) is 21.7. The van der Waals surface area contributed by atoms with Crippen LogP contribution in [0.2, 0.25) is 0 Å². The number of thiol groups is 1. The summed E-state index contributed by atoms with van der Waals surface area (Å²) in [6.45, 7) is -5.15. The molecule has 3 aliphatic rings. The maximum Gasteiger partial charge on any atom is 0.386 e. The SMILES string of the molecule is Nc1ncnc2c1ncn2[C@@H]1O[C@@H]2CO[P@@](=O)(S)O[C@H]3C[C@H](n4cnc5c(N)ncnc54)O[C@@H]3CNS(=O)(=O)O[C@H]2[C@H]1F. The minimum Gasteiger partial charge on any atom is -0.382 e. The monoisotopic (exact) mass is 659 g/mol. The molecule has 3 fully saturated rings. The molecule has 3 aliphatic heterocycles. The fourth-order valence-electron chi connectivity index (χ4n) is 5.20. The van der Waals surface area contributed by atoms with Gasteiger partial charge in [0.25, 0.3) is 0 Å². The average molecular weight is 660 g/mol. The van der Waals surface area contributed by atoms with Crippen LogP contribution < -0.4 is 16.2 Å². The van der Waals surface area contributed by atoms with Crippen molar-refractivity contribution < 1.29 is 40.1 Å². The molecule has 0 bridgehead atoms. The lowest BCUT2D eigenvalue weighted by Crippen LogP contribution is -2.44. The van der Waals surface area contributed by atoms with Crippen molar-refractivity contribution in [2.24, 2.45) is 0 Å². The first-order chi connectivity index (χ1) is 20.5. The van der Waals surface area contributed by atoms with Gasteiger partial charge in [-0.3, -0.25) is 18.2 Å². The highest BCUT2D eigenvalue weighted by molar-refractivity contribution is 8.44. The number of hydrogen-bond donors (Lipinski definition) is 4. The van der Waals surface area contributed by atoms with E-state index in [0.29, 0.717) is 11.2 Å². The van der Waals surface area contributed by atoms with E-state index >= 15 is 4.39 Å². The molecule has 7 rings (SSSR count). The van der Waals surface area contributed by atoms with Gasteiger partial charge < -0.3 is 20.9 Å². The van der Waals surface area contributed by atoms with Gasteiger partial charge in [-0.25, -0.2) is 43.0 Å². The molecule has 0 saturated carbocycles. The zero-order chi connectivity index (χ0) is 30.1. The number of nitrogens with two attached hydrogens (primary N) is 2. The number of imidazole rings is 2. The number of alkyl halides is 1. The van der Waals surface area contributed by atoms with Crippen LogP contribution in [0.3, 0.4) is 0 Å². The van der Waals surface area contributed by atoms with Crippen molar-refractivity contribution in [1.82, 2.24) is 43.8 Å². The fraction of sp³-hybridized carbons (Fsp3) is 0.500. The Balaban J connectivity index is 1.15. The summed E-state index contributed by atoms with van der Waals surface area (Å²) in [7, 11) is -4.59. The average Bonchev–Trinajstić information content (AvgIpc) is 3.72. The molecular formula is C20H23FN11O8PS2. The standard InChI is InChI=1S/C20H23FN11O8PS2/c21-12-15-10(38-20(12)32-7-29-14-17(23)25-5-27-19(14)32)3-36-41(33,42)39-8-1-11(37-9(8)2-30-43(34,35)40-15)31-6-28-13-16(22)24-4-26-18(13)31/h4-12,15,20,30H,1-3H2,(H,33,42)(H2,22,24,26)(H2,23,25,27)/t8-,9+,10+,11+,12+,15+,20+,41+/m0/s1. The van der Waals surface area contributed by atoms with Crippen LogP contribution in [-0.4, -0.2) is 91.2 Å². The lowest BCUT2D eigenvalue weighted by atomic mass is 10.1. The molecule has 8 atom stereocenters. The van der Waals surface area contributed by atoms with Gasteiger partial charge in [0.15, 0.2) is 35.3 Å². The van der Waals surface area contributed by atoms with E-state index in [1.54, 1.807) is 4.57 Å². The van der Waals surface area contributed by atoms with Gasteiger partial charge in [0.2, 0.25) is 0 Å². The lowest BCUT2D eigenvalue weighted by Gasteiger charge is -2.26. The largest absolute Gasteiger partial charge is 0.386 e. The number of rotatable bonds is 2. The Morgan fingerprint density at radius 1 is 0.953 bits per heavy atom. The smallest absolute Gasteiger partial charge is 0.382 e. The normalized spacial score (nSPS) is 34.9. The minimum atomic E-state index is -4.59. The first kappa shape index (κ1) is 28.7. The van der Waals surface area contributed by atoms with Gasteiger partial charge in [0.05, 0.1) is 25.4 Å². The number of aromatic nitrogens is 8. The predicted molar refractivity (Wildman–Crippen MR) is 146 cm³/mol. The number of ether oxygens (including phenoxy) is 2. The Morgan fingerprint density at radius 3 is 2.30 bits per heavy atom. The van der Waals surface area contributed by atoms with E-state index in [1.807, 2.05) is 0 Å². The Labute approximate surface area is 246 Å². The summed E-state index contributed by atoms with van der Waals surface area (Å²) in [4.78, 5) is 24.3. The minimum absolute atomic E-state index is 0.0526. The van der Waals surface area contributed by atoms with Gasteiger partial charge in [-0.1, -0.05) is 12.2 Å². The van der Waals surface area contributed by atoms with Crippen LogP contribution >= 0.6 is 19.0 Å². The summed E-state index contributed by atoms with van der Waals surface area (Å²) in [5.74, 6) is 0.208. The van der Waals surface area contributed by atoms with E-state index in [0.717, 1.165) is 6.33 Å². The molecule has 23 heteroatoms. The topological polar surface area (TPSA) is 249 Å². The molecule has 5 N–H and O–H groups in total. The van der Waals surface area contributed by atoms with Gasteiger partial charge in [0, 0.05) is 13.0 Å². The zero-order valence-corrected chi connectivity index (χ0v) is 24.3. The summed E-state index contributed by atoms with van der Waals surface area (Å²) in [5.41, 5.74) is 12.7. The molecule has 0 radical (unpaired) electrons. The molecule has 0 aliphatic carbocycles. The molecule has 230 valence electrons. The van der Waals surface area contributed by atoms with Gasteiger partial charge in [0.1, 0.15) is 48.2 Å². The third kappa shape index (κ3) is 5.21. The fourth-order valence-corrected chi connectivity index (χ4v) is 7.69. The predicted octanol–water partition coefficient (Wildman–Crippen LogP) is 0.0265.